The maximum atomic E-state index is 9.45. The number of ether oxygens (including phenoxy) is 2. The lowest BCUT2D eigenvalue weighted by molar-refractivity contribution is -0.214. The Morgan fingerprint density at radius 3 is 2.43 bits per heavy atom. The number of aliphatic hydroxyl groups is 4. The SMILES string of the molecule is COC1OC(CO)C(O)C(O)CC1O. The summed E-state index contributed by atoms with van der Waals surface area (Å²) in [5, 5.41) is 37.2. The van der Waals surface area contributed by atoms with E-state index in [1.165, 1.54) is 7.11 Å². The van der Waals surface area contributed by atoms with Crippen LogP contribution in [-0.4, -0.2) is 64.8 Å². The van der Waals surface area contributed by atoms with Crippen molar-refractivity contribution >= 4 is 0 Å². The van der Waals surface area contributed by atoms with Crippen LogP contribution in [0.25, 0.3) is 0 Å². The second-order valence-corrected chi connectivity index (χ2v) is 3.32. The van der Waals surface area contributed by atoms with Gasteiger partial charge >= 0.3 is 0 Å². The third-order valence-corrected chi connectivity index (χ3v) is 2.29. The van der Waals surface area contributed by atoms with Gasteiger partial charge in [0.05, 0.1) is 12.7 Å². The molecule has 4 N–H and O–H groups in total. The van der Waals surface area contributed by atoms with Crippen molar-refractivity contribution in [1.82, 2.24) is 0 Å². The maximum Gasteiger partial charge on any atom is 0.183 e. The molecule has 0 aromatic carbocycles. The molecule has 1 fully saturated rings. The molecule has 1 rings (SSSR count). The molecule has 6 heteroatoms. The lowest BCUT2D eigenvalue weighted by atomic mass is 10.0. The molecule has 0 bridgehead atoms. The Bertz CT molecular complexity index is 173. The molecular formula is C8H16O6. The molecule has 14 heavy (non-hydrogen) atoms. The fourth-order valence-corrected chi connectivity index (χ4v) is 1.45. The minimum atomic E-state index is -1.21. The van der Waals surface area contributed by atoms with Crippen LogP contribution in [0.3, 0.4) is 0 Å². The Kier molecular flexibility index (Phi) is 4.24. The van der Waals surface area contributed by atoms with Crippen molar-refractivity contribution in [3.8, 4) is 0 Å². The highest BCUT2D eigenvalue weighted by Gasteiger charge is 2.37. The molecular weight excluding hydrogens is 192 g/mol. The molecule has 0 aromatic heterocycles. The van der Waals surface area contributed by atoms with Gasteiger partial charge in [0, 0.05) is 13.5 Å². The number of hydrogen-bond acceptors (Lipinski definition) is 6. The van der Waals surface area contributed by atoms with Crippen LogP contribution in [-0.2, 0) is 9.47 Å². The van der Waals surface area contributed by atoms with E-state index in [0.29, 0.717) is 0 Å². The monoisotopic (exact) mass is 208 g/mol. The summed E-state index contributed by atoms with van der Waals surface area (Å²) in [6.07, 6.45) is -5.26. The predicted octanol–water partition coefficient (Wildman–Crippen LogP) is -2.18. The van der Waals surface area contributed by atoms with Gasteiger partial charge in [-0.3, -0.25) is 0 Å². The Balaban J connectivity index is 2.71. The van der Waals surface area contributed by atoms with Crippen molar-refractivity contribution in [2.24, 2.45) is 0 Å². The molecule has 5 atom stereocenters. The first kappa shape index (κ1) is 11.8. The van der Waals surface area contributed by atoms with Crippen molar-refractivity contribution in [3.63, 3.8) is 0 Å². The Labute approximate surface area is 81.7 Å². The van der Waals surface area contributed by atoms with Crippen molar-refractivity contribution in [1.29, 1.82) is 0 Å². The summed E-state index contributed by atoms with van der Waals surface area (Å²) >= 11 is 0. The van der Waals surface area contributed by atoms with Gasteiger partial charge in [-0.1, -0.05) is 0 Å². The van der Waals surface area contributed by atoms with E-state index in [1.807, 2.05) is 0 Å². The third-order valence-electron chi connectivity index (χ3n) is 2.29. The quantitative estimate of drug-likeness (QED) is 0.412. The van der Waals surface area contributed by atoms with Gasteiger partial charge in [0.15, 0.2) is 6.29 Å². The molecule has 0 radical (unpaired) electrons. The van der Waals surface area contributed by atoms with Gasteiger partial charge in [-0.15, -0.1) is 0 Å². The predicted molar refractivity (Wildman–Crippen MR) is 45.4 cm³/mol. The lowest BCUT2D eigenvalue weighted by Crippen LogP contribution is -2.40. The van der Waals surface area contributed by atoms with E-state index in [0.717, 1.165) is 0 Å². The molecule has 1 heterocycles. The van der Waals surface area contributed by atoms with E-state index in [1.54, 1.807) is 0 Å². The normalized spacial score (nSPS) is 44.8. The summed E-state index contributed by atoms with van der Waals surface area (Å²) in [5.41, 5.74) is 0. The number of rotatable bonds is 2. The van der Waals surface area contributed by atoms with E-state index in [2.05, 4.69) is 0 Å². The number of hydrogen-bond donors (Lipinski definition) is 4. The van der Waals surface area contributed by atoms with E-state index < -0.39 is 37.3 Å². The van der Waals surface area contributed by atoms with Crippen molar-refractivity contribution in [2.75, 3.05) is 13.7 Å². The molecule has 1 aliphatic heterocycles. The third kappa shape index (κ3) is 2.41. The molecule has 0 spiro atoms. The van der Waals surface area contributed by atoms with Crippen molar-refractivity contribution < 1.29 is 29.9 Å². The van der Waals surface area contributed by atoms with Crippen LogP contribution in [0.15, 0.2) is 0 Å². The molecule has 0 amide bonds. The zero-order valence-corrected chi connectivity index (χ0v) is 7.91. The summed E-state index contributed by atoms with van der Waals surface area (Å²) in [6, 6.07) is 0. The highest BCUT2D eigenvalue weighted by atomic mass is 16.7. The summed E-state index contributed by atoms with van der Waals surface area (Å²) < 4.78 is 9.88. The van der Waals surface area contributed by atoms with Gasteiger partial charge in [0.2, 0.25) is 0 Å². The van der Waals surface area contributed by atoms with Crippen LogP contribution in [0.1, 0.15) is 6.42 Å². The Hall–Kier alpha value is -0.240. The summed E-state index contributed by atoms with van der Waals surface area (Å²) in [5.74, 6) is 0. The summed E-state index contributed by atoms with van der Waals surface area (Å²) in [7, 11) is 1.34. The zero-order valence-electron chi connectivity index (χ0n) is 7.91. The first-order valence-corrected chi connectivity index (χ1v) is 4.43. The topological polar surface area (TPSA) is 99.4 Å². The molecule has 5 unspecified atom stereocenters. The average molecular weight is 208 g/mol. The van der Waals surface area contributed by atoms with Crippen LogP contribution < -0.4 is 0 Å². The van der Waals surface area contributed by atoms with Gasteiger partial charge < -0.3 is 29.9 Å². The number of methoxy groups -OCH3 is 1. The lowest BCUT2D eigenvalue weighted by Gasteiger charge is -2.23. The molecule has 1 aliphatic rings. The smallest absolute Gasteiger partial charge is 0.183 e. The van der Waals surface area contributed by atoms with Gasteiger partial charge in [-0.05, 0) is 0 Å². The minimum Gasteiger partial charge on any atom is -0.394 e. The average Bonchev–Trinajstić information content (AvgIpc) is 2.27. The van der Waals surface area contributed by atoms with Crippen LogP contribution in [0, 0.1) is 0 Å². The van der Waals surface area contributed by atoms with Gasteiger partial charge in [0.25, 0.3) is 0 Å². The molecule has 0 aliphatic carbocycles. The largest absolute Gasteiger partial charge is 0.394 e. The van der Waals surface area contributed by atoms with Crippen LogP contribution in [0.4, 0.5) is 0 Å². The first-order chi connectivity index (χ1) is 6.60. The van der Waals surface area contributed by atoms with Gasteiger partial charge in [-0.2, -0.15) is 0 Å². The minimum absolute atomic E-state index is 0.0455. The summed E-state index contributed by atoms with van der Waals surface area (Å²) in [4.78, 5) is 0. The molecule has 0 aromatic rings. The van der Waals surface area contributed by atoms with E-state index >= 15 is 0 Å². The Morgan fingerprint density at radius 2 is 1.93 bits per heavy atom. The van der Waals surface area contributed by atoms with Gasteiger partial charge in [-0.25, -0.2) is 0 Å². The standard InChI is InChI=1S/C8H16O6/c1-13-8-5(11)2-4(10)7(12)6(3-9)14-8/h4-12H,2-3H2,1H3. The highest BCUT2D eigenvalue weighted by molar-refractivity contribution is 4.83. The summed E-state index contributed by atoms with van der Waals surface area (Å²) in [6.45, 7) is -0.440. The fourth-order valence-electron chi connectivity index (χ4n) is 1.45. The molecule has 6 nitrogen and oxygen atoms in total. The Morgan fingerprint density at radius 1 is 1.29 bits per heavy atom. The fraction of sp³-hybridized carbons (Fsp3) is 1.00. The maximum absolute atomic E-state index is 9.45. The van der Waals surface area contributed by atoms with Crippen molar-refractivity contribution in [3.05, 3.63) is 0 Å². The second-order valence-electron chi connectivity index (χ2n) is 3.32. The van der Waals surface area contributed by atoms with Crippen LogP contribution >= 0.6 is 0 Å². The van der Waals surface area contributed by atoms with E-state index in [-0.39, 0.29) is 6.42 Å². The molecule has 0 saturated carbocycles. The van der Waals surface area contributed by atoms with E-state index in [4.69, 9.17) is 14.6 Å². The molecule has 1 saturated heterocycles. The number of aliphatic hydroxyl groups excluding tert-OH is 4. The van der Waals surface area contributed by atoms with Crippen LogP contribution in [0.2, 0.25) is 0 Å². The van der Waals surface area contributed by atoms with Crippen LogP contribution in [0.5, 0.6) is 0 Å². The second kappa shape index (κ2) is 5.01. The highest BCUT2D eigenvalue weighted by Crippen LogP contribution is 2.20. The van der Waals surface area contributed by atoms with E-state index in [9.17, 15) is 15.3 Å². The zero-order chi connectivity index (χ0) is 10.7. The first-order valence-electron chi connectivity index (χ1n) is 4.43. The molecule has 84 valence electrons. The van der Waals surface area contributed by atoms with Crippen molar-refractivity contribution in [2.45, 2.75) is 37.1 Å². The van der Waals surface area contributed by atoms with Gasteiger partial charge in [0.1, 0.15) is 18.3 Å².